The average molecular weight is 607 g/mol. The number of ether oxygens (including phenoxy) is 1. The van der Waals surface area contributed by atoms with Crippen molar-refractivity contribution in [1.29, 1.82) is 0 Å². The molecule has 0 unspecified atom stereocenters. The summed E-state index contributed by atoms with van der Waals surface area (Å²) in [5.41, 5.74) is 1.38. The first-order chi connectivity index (χ1) is 18.3. The summed E-state index contributed by atoms with van der Waals surface area (Å²) in [6, 6.07) is 32.8. The number of carbonyl (C=O) groups is 1. The van der Waals surface area contributed by atoms with Gasteiger partial charge in [0.15, 0.2) is 0 Å². The summed E-state index contributed by atoms with van der Waals surface area (Å²) >= 11 is 9.57. The monoisotopic (exact) mass is 605 g/mol. The minimum absolute atomic E-state index is 0.0292. The number of nitrogens with zero attached hydrogens (tertiary/aromatic N) is 1. The van der Waals surface area contributed by atoms with E-state index in [4.69, 9.17) is 16.3 Å². The molecule has 0 N–H and O–H groups in total. The molecule has 0 amide bonds. The van der Waals surface area contributed by atoms with Crippen molar-refractivity contribution in [1.82, 2.24) is 0 Å². The molecule has 5 aromatic carbocycles. The zero-order chi connectivity index (χ0) is 26.7. The third-order valence-electron chi connectivity index (χ3n) is 5.97. The van der Waals surface area contributed by atoms with Crippen LogP contribution in [-0.4, -0.2) is 14.4 Å². The second kappa shape index (κ2) is 11.0. The molecule has 0 saturated carbocycles. The van der Waals surface area contributed by atoms with Crippen LogP contribution in [0.25, 0.3) is 10.8 Å². The number of sulfonamides is 1. The van der Waals surface area contributed by atoms with Gasteiger partial charge in [0, 0.05) is 14.9 Å². The lowest BCUT2D eigenvalue weighted by molar-refractivity contribution is 0.0737. The number of benzene rings is 5. The molecule has 0 aliphatic rings. The maximum Gasteiger partial charge on any atom is 0.343 e. The van der Waals surface area contributed by atoms with E-state index in [2.05, 4.69) is 15.9 Å². The van der Waals surface area contributed by atoms with E-state index in [1.165, 1.54) is 28.6 Å². The highest BCUT2D eigenvalue weighted by atomic mass is 79.9. The summed E-state index contributed by atoms with van der Waals surface area (Å²) < 4.78 is 35.7. The summed E-state index contributed by atoms with van der Waals surface area (Å²) in [6.45, 7) is 0.102. The molecule has 0 aromatic heterocycles. The molecule has 5 rings (SSSR count). The second-order valence-corrected chi connectivity index (χ2v) is 11.6. The molecule has 5 nitrogen and oxygen atoms in total. The van der Waals surface area contributed by atoms with Crippen LogP contribution in [0.2, 0.25) is 5.02 Å². The molecule has 0 aliphatic carbocycles. The van der Waals surface area contributed by atoms with E-state index in [0.717, 1.165) is 20.8 Å². The van der Waals surface area contributed by atoms with Crippen molar-refractivity contribution >= 4 is 60.0 Å². The van der Waals surface area contributed by atoms with Crippen LogP contribution in [0.1, 0.15) is 15.9 Å². The summed E-state index contributed by atoms with van der Waals surface area (Å²) in [5.74, 6) is -0.274. The summed E-state index contributed by atoms with van der Waals surface area (Å²) in [4.78, 5) is 13.1. The van der Waals surface area contributed by atoms with Crippen LogP contribution >= 0.6 is 27.5 Å². The fraction of sp³-hybridized carbons (Fsp3) is 0.0333. The maximum absolute atomic E-state index is 13.9. The molecule has 0 radical (unpaired) electrons. The zero-order valence-corrected chi connectivity index (χ0v) is 23.1. The SMILES string of the molecule is O=C(Oc1ccc(Br)c2ccccc12)c1cccc(S(=O)(=O)N(Cc2ccccc2)c2ccc(Cl)cc2)c1. The number of carbonyl (C=O) groups excluding carboxylic acids is 1. The quantitative estimate of drug-likeness (QED) is 0.140. The van der Waals surface area contributed by atoms with Crippen molar-refractivity contribution in [2.75, 3.05) is 4.31 Å². The minimum atomic E-state index is -4.06. The topological polar surface area (TPSA) is 63.7 Å². The Bertz CT molecular complexity index is 1730. The zero-order valence-electron chi connectivity index (χ0n) is 19.9. The third-order valence-corrected chi connectivity index (χ3v) is 8.69. The van der Waals surface area contributed by atoms with E-state index in [1.54, 1.807) is 36.4 Å². The van der Waals surface area contributed by atoms with Gasteiger partial charge in [-0.2, -0.15) is 0 Å². The number of hydrogen-bond acceptors (Lipinski definition) is 4. The Morgan fingerprint density at radius 3 is 2.21 bits per heavy atom. The molecule has 0 bridgehead atoms. The van der Waals surface area contributed by atoms with Gasteiger partial charge in [-0.1, -0.05) is 88.2 Å². The van der Waals surface area contributed by atoms with Gasteiger partial charge in [-0.05, 0) is 65.5 Å². The molecule has 5 aromatic rings. The van der Waals surface area contributed by atoms with Crippen LogP contribution in [-0.2, 0) is 16.6 Å². The summed E-state index contributed by atoms with van der Waals surface area (Å²) in [7, 11) is -4.06. The predicted octanol–water partition coefficient (Wildman–Crippen LogP) is 7.87. The Balaban J connectivity index is 1.49. The lowest BCUT2D eigenvalue weighted by Crippen LogP contribution is -2.30. The highest BCUT2D eigenvalue weighted by Crippen LogP contribution is 2.32. The molecule has 190 valence electrons. The van der Waals surface area contributed by atoms with Crippen molar-refractivity contribution < 1.29 is 17.9 Å². The Labute approximate surface area is 234 Å². The van der Waals surface area contributed by atoms with E-state index in [9.17, 15) is 13.2 Å². The van der Waals surface area contributed by atoms with Crippen molar-refractivity contribution in [2.45, 2.75) is 11.4 Å². The molecule has 8 heteroatoms. The number of hydrogen-bond donors (Lipinski definition) is 0. The standard InChI is InChI=1S/C30H21BrClNO4S/c31-28-17-18-29(27-12-5-4-11-26(27)28)37-30(34)22-9-6-10-25(19-22)38(35,36)33(20-21-7-2-1-3-8-21)24-15-13-23(32)14-16-24/h1-19H,20H2. The minimum Gasteiger partial charge on any atom is -0.422 e. The molecule has 0 saturated heterocycles. The Morgan fingerprint density at radius 1 is 0.789 bits per heavy atom. The number of esters is 1. The Kier molecular flexibility index (Phi) is 7.51. The highest BCUT2D eigenvalue weighted by Gasteiger charge is 2.26. The van der Waals surface area contributed by atoms with Gasteiger partial charge < -0.3 is 4.74 Å². The lowest BCUT2D eigenvalue weighted by Gasteiger charge is -2.25. The van der Waals surface area contributed by atoms with Crippen molar-refractivity contribution in [2.24, 2.45) is 0 Å². The van der Waals surface area contributed by atoms with Crippen LogP contribution < -0.4 is 9.04 Å². The van der Waals surface area contributed by atoms with E-state index in [1.807, 2.05) is 54.6 Å². The largest absolute Gasteiger partial charge is 0.422 e. The molecule has 38 heavy (non-hydrogen) atoms. The number of anilines is 1. The second-order valence-electron chi connectivity index (χ2n) is 8.48. The molecule has 0 spiro atoms. The summed E-state index contributed by atoms with van der Waals surface area (Å²) in [6.07, 6.45) is 0. The van der Waals surface area contributed by atoms with E-state index in [0.29, 0.717) is 16.5 Å². The Hall–Kier alpha value is -3.65. The Morgan fingerprint density at radius 2 is 1.47 bits per heavy atom. The molecular weight excluding hydrogens is 586 g/mol. The van der Waals surface area contributed by atoms with Crippen LogP contribution in [0.3, 0.4) is 0 Å². The fourth-order valence-corrected chi connectivity index (χ4v) is 6.17. The van der Waals surface area contributed by atoms with Gasteiger partial charge in [-0.25, -0.2) is 13.2 Å². The summed E-state index contributed by atoms with van der Waals surface area (Å²) in [5, 5.41) is 2.15. The van der Waals surface area contributed by atoms with Gasteiger partial charge in [0.25, 0.3) is 10.0 Å². The lowest BCUT2D eigenvalue weighted by atomic mass is 10.1. The van der Waals surface area contributed by atoms with Crippen molar-refractivity contribution in [3.63, 3.8) is 0 Å². The van der Waals surface area contributed by atoms with Gasteiger partial charge in [0.1, 0.15) is 5.75 Å². The smallest absolute Gasteiger partial charge is 0.343 e. The van der Waals surface area contributed by atoms with Crippen molar-refractivity contribution in [3.8, 4) is 5.75 Å². The number of fused-ring (bicyclic) bond motifs is 1. The van der Waals surface area contributed by atoms with Gasteiger partial charge in [-0.15, -0.1) is 0 Å². The fourth-order valence-electron chi connectivity index (χ4n) is 4.06. The van der Waals surface area contributed by atoms with Crippen LogP contribution in [0.4, 0.5) is 5.69 Å². The average Bonchev–Trinajstić information content (AvgIpc) is 2.94. The molecule has 0 heterocycles. The van der Waals surface area contributed by atoms with E-state index >= 15 is 0 Å². The van der Waals surface area contributed by atoms with Crippen molar-refractivity contribution in [3.05, 3.63) is 136 Å². The van der Waals surface area contributed by atoms with Crippen LogP contribution in [0, 0.1) is 0 Å². The van der Waals surface area contributed by atoms with Crippen LogP contribution in [0.5, 0.6) is 5.75 Å². The van der Waals surface area contributed by atoms with E-state index < -0.39 is 16.0 Å². The number of rotatable bonds is 7. The van der Waals surface area contributed by atoms with Gasteiger partial charge in [0.05, 0.1) is 22.7 Å². The molecular formula is C30H21BrClNO4S. The predicted molar refractivity (Wildman–Crippen MR) is 154 cm³/mol. The first kappa shape index (κ1) is 26.0. The van der Waals surface area contributed by atoms with E-state index in [-0.39, 0.29) is 17.0 Å². The molecule has 0 atom stereocenters. The van der Waals surface area contributed by atoms with Gasteiger partial charge >= 0.3 is 5.97 Å². The highest BCUT2D eigenvalue weighted by molar-refractivity contribution is 9.10. The molecule has 0 fully saturated rings. The van der Waals surface area contributed by atoms with Gasteiger partial charge in [0.2, 0.25) is 0 Å². The first-order valence-electron chi connectivity index (χ1n) is 11.6. The number of halogens is 2. The third kappa shape index (κ3) is 5.45. The molecule has 0 aliphatic heterocycles. The van der Waals surface area contributed by atoms with Crippen LogP contribution in [0.15, 0.2) is 125 Å². The normalized spacial score (nSPS) is 11.3. The first-order valence-corrected chi connectivity index (χ1v) is 14.3. The maximum atomic E-state index is 13.9. The van der Waals surface area contributed by atoms with Gasteiger partial charge in [-0.3, -0.25) is 4.31 Å².